The number of halogens is 2. The van der Waals surface area contributed by atoms with Crippen molar-refractivity contribution in [3.05, 3.63) is 29.8 Å². The van der Waals surface area contributed by atoms with Gasteiger partial charge in [0, 0.05) is 32.7 Å². The molecule has 0 saturated carbocycles. The maximum atomic E-state index is 12.2. The van der Waals surface area contributed by atoms with Gasteiger partial charge >= 0.3 is 5.97 Å². The summed E-state index contributed by atoms with van der Waals surface area (Å²) in [5.41, 5.74) is 0.342. The Kier molecular flexibility index (Phi) is 12.0. The zero-order chi connectivity index (χ0) is 17.4. The second-order valence-corrected chi connectivity index (χ2v) is 7.35. The number of rotatable bonds is 8. The predicted octanol–water partition coefficient (Wildman–Crippen LogP) is 1.28. The third kappa shape index (κ3) is 7.77. The van der Waals surface area contributed by atoms with Crippen molar-refractivity contribution in [3.8, 4) is 0 Å². The Morgan fingerprint density at radius 3 is 2.38 bits per heavy atom. The number of nitrogens with one attached hydrogen (secondary N) is 2. The van der Waals surface area contributed by atoms with Crippen molar-refractivity contribution in [2.75, 3.05) is 45.9 Å². The quantitative estimate of drug-likeness (QED) is 0.479. The standard InChI is InChI=1S/C16H25N3O4S.2ClH/c1-2-23-16(20)14-4-6-15(7-5-14)24(21,22)18-8-3-11-19-12-9-17-10-13-19;;/h4-7,17-18H,2-3,8-13H2,1H3;2*1H. The maximum Gasteiger partial charge on any atom is 0.338 e. The highest BCUT2D eigenvalue weighted by molar-refractivity contribution is 7.89. The molecule has 150 valence electrons. The molecule has 2 N–H and O–H groups in total. The summed E-state index contributed by atoms with van der Waals surface area (Å²) < 4.78 is 32.0. The largest absolute Gasteiger partial charge is 0.462 e. The lowest BCUT2D eigenvalue weighted by Crippen LogP contribution is -2.44. The zero-order valence-electron chi connectivity index (χ0n) is 14.8. The van der Waals surface area contributed by atoms with E-state index in [1.54, 1.807) is 6.92 Å². The fourth-order valence-corrected chi connectivity index (χ4v) is 3.59. The van der Waals surface area contributed by atoms with Crippen molar-refractivity contribution < 1.29 is 17.9 Å². The number of benzene rings is 1. The molecule has 0 aromatic heterocycles. The summed E-state index contributed by atoms with van der Waals surface area (Å²) in [4.78, 5) is 14.0. The average molecular weight is 428 g/mol. The number of nitrogens with zero attached hydrogens (tertiary/aromatic N) is 1. The first-order chi connectivity index (χ1) is 11.5. The molecule has 1 aliphatic rings. The zero-order valence-corrected chi connectivity index (χ0v) is 17.2. The van der Waals surface area contributed by atoms with Crippen LogP contribution in [-0.2, 0) is 14.8 Å². The van der Waals surface area contributed by atoms with Crippen LogP contribution in [0.3, 0.4) is 0 Å². The summed E-state index contributed by atoms with van der Waals surface area (Å²) in [6.45, 7) is 7.26. The summed E-state index contributed by atoms with van der Waals surface area (Å²) in [6.07, 6.45) is 0.764. The molecule has 1 aromatic carbocycles. The van der Waals surface area contributed by atoms with E-state index in [0.29, 0.717) is 12.1 Å². The number of hydrogen-bond acceptors (Lipinski definition) is 6. The molecule has 0 spiro atoms. The Hall–Kier alpha value is -0.900. The third-order valence-corrected chi connectivity index (χ3v) is 5.31. The first-order valence-corrected chi connectivity index (χ1v) is 9.71. The van der Waals surface area contributed by atoms with E-state index in [-0.39, 0.29) is 36.3 Å². The molecule has 0 radical (unpaired) electrons. The Labute approximate surface area is 167 Å². The first kappa shape index (κ1) is 25.1. The lowest BCUT2D eigenvalue weighted by atomic mass is 10.2. The maximum absolute atomic E-state index is 12.2. The van der Waals surface area contributed by atoms with Crippen LogP contribution in [0, 0.1) is 0 Å². The third-order valence-electron chi connectivity index (χ3n) is 3.83. The van der Waals surface area contributed by atoms with E-state index in [1.807, 2.05) is 0 Å². The molecule has 1 saturated heterocycles. The summed E-state index contributed by atoms with van der Waals surface area (Å²) in [6, 6.07) is 5.77. The molecular weight excluding hydrogens is 401 g/mol. The molecule has 1 fully saturated rings. The van der Waals surface area contributed by atoms with Crippen molar-refractivity contribution in [3.63, 3.8) is 0 Å². The molecule has 10 heteroatoms. The van der Waals surface area contributed by atoms with Gasteiger partial charge in [0.1, 0.15) is 0 Å². The summed E-state index contributed by atoms with van der Waals surface area (Å²) >= 11 is 0. The van der Waals surface area contributed by atoms with E-state index in [2.05, 4.69) is 14.9 Å². The van der Waals surface area contributed by atoms with E-state index in [9.17, 15) is 13.2 Å². The van der Waals surface area contributed by atoms with Crippen LogP contribution in [0.4, 0.5) is 0 Å². The fourth-order valence-electron chi connectivity index (χ4n) is 2.51. The number of esters is 1. The van der Waals surface area contributed by atoms with Crippen LogP contribution < -0.4 is 10.0 Å². The van der Waals surface area contributed by atoms with Crippen LogP contribution in [0.2, 0.25) is 0 Å². The van der Waals surface area contributed by atoms with E-state index in [1.165, 1.54) is 24.3 Å². The van der Waals surface area contributed by atoms with Crippen LogP contribution >= 0.6 is 24.8 Å². The molecule has 1 heterocycles. The first-order valence-electron chi connectivity index (χ1n) is 8.23. The number of sulfonamides is 1. The van der Waals surface area contributed by atoms with Gasteiger partial charge in [0.15, 0.2) is 0 Å². The smallest absolute Gasteiger partial charge is 0.338 e. The van der Waals surface area contributed by atoms with Gasteiger partial charge in [-0.3, -0.25) is 0 Å². The molecule has 0 amide bonds. The highest BCUT2D eigenvalue weighted by Crippen LogP contribution is 2.11. The Morgan fingerprint density at radius 1 is 1.19 bits per heavy atom. The summed E-state index contributed by atoms with van der Waals surface area (Å²) in [5, 5.41) is 3.29. The molecule has 0 aliphatic carbocycles. The lowest BCUT2D eigenvalue weighted by molar-refractivity contribution is 0.0526. The topological polar surface area (TPSA) is 87.7 Å². The van der Waals surface area contributed by atoms with Crippen molar-refractivity contribution >= 4 is 40.8 Å². The minimum atomic E-state index is -3.55. The van der Waals surface area contributed by atoms with Gasteiger partial charge in [-0.1, -0.05) is 0 Å². The second-order valence-electron chi connectivity index (χ2n) is 5.59. The molecule has 0 bridgehead atoms. The van der Waals surface area contributed by atoms with E-state index >= 15 is 0 Å². The van der Waals surface area contributed by atoms with Gasteiger partial charge in [-0.15, -0.1) is 24.8 Å². The number of carbonyl (C=O) groups is 1. The molecular formula is C16H27Cl2N3O4S. The molecule has 7 nitrogen and oxygen atoms in total. The van der Waals surface area contributed by atoms with Gasteiger partial charge in [-0.25, -0.2) is 17.9 Å². The average Bonchev–Trinajstić information content (AvgIpc) is 2.60. The molecule has 0 unspecified atom stereocenters. The Bertz CT molecular complexity index is 635. The van der Waals surface area contributed by atoms with Crippen LogP contribution in [0.15, 0.2) is 29.2 Å². The van der Waals surface area contributed by atoms with E-state index in [0.717, 1.165) is 39.1 Å². The molecule has 26 heavy (non-hydrogen) atoms. The predicted molar refractivity (Wildman–Crippen MR) is 106 cm³/mol. The normalized spacial score (nSPS) is 14.8. The minimum absolute atomic E-state index is 0. The van der Waals surface area contributed by atoms with Gasteiger partial charge in [0.05, 0.1) is 17.1 Å². The van der Waals surface area contributed by atoms with Crippen molar-refractivity contribution in [1.82, 2.24) is 14.9 Å². The molecule has 0 atom stereocenters. The number of hydrogen-bond donors (Lipinski definition) is 2. The molecule has 2 rings (SSSR count). The SMILES string of the molecule is CCOC(=O)c1ccc(S(=O)(=O)NCCCN2CCNCC2)cc1.Cl.Cl. The lowest BCUT2D eigenvalue weighted by Gasteiger charge is -2.27. The highest BCUT2D eigenvalue weighted by atomic mass is 35.5. The van der Waals surface area contributed by atoms with Gasteiger partial charge in [0.2, 0.25) is 10.0 Å². The molecule has 1 aliphatic heterocycles. The van der Waals surface area contributed by atoms with Crippen LogP contribution in [-0.4, -0.2) is 65.2 Å². The van der Waals surface area contributed by atoms with E-state index < -0.39 is 16.0 Å². The van der Waals surface area contributed by atoms with Crippen LogP contribution in [0.1, 0.15) is 23.7 Å². The fraction of sp³-hybridized carbons (Fsp3) is 0.562. The van der Waals surface area contributed by atoms with Gasteiger partial charge in [-0.05, 0) is 44.2 Å². The Morgan fingerprint density at radius 2 is 1.81 bits per heavy atom. The minimum Gasteiger partial charge on any atom is -0.462 e. The van der Waals surface area contributed by atoms with Crippen molar-refractivity contribution in [2.45, 2.75) is 18.2 Å². The highest BCUT2D eigenvalue weighted by Gasteiger charge is 2.15. The van der Waals surface area contributed by atoms with Crippen LogP contribution in [0.5, 0.6) is 0 Å². The monoisotopic (exact) mass is 427 g/mol. The van der Waals surface area contributed by atoms with Crippen molar-refractivity contribution in [2.24, 2.45) is 0 Å². The second kappa shape index (κ2) is 12.5. The molecule has 1 aromatic rings. The summed E-state index contributed by atoms with van der Waals surface area (Å²) in [5.74, 6) is -0.453. The number of piperazine rings is 1. The van der Waals surface area contributed by atoms with Gasteiger partial charge in [-0.2, -0.15) is 0 Å². The summed E-state index contributed by atoms with van der Waals surface area (Å²) in [7, 11) is -3.55. The number of carbonyl (C=O) groups excluding carboxylic acids is 1. The van der Waals surface area contributed by atoms with Gasteiger partial charge < -0.3 is 15.0 Å². The van der Waals surface area contributed by atoms with Crippen LogP contribution in [0.25, 0.3) is 0 Å². The van der Waals surface area contributed by atoms with Gasteiger partial charge in [0.25, 0.3) is 0 Å². The Balaban J connectivity index is 0.00000312. The van der Waals surface area contributed by atoms with Crippen molar-refractivity contribution in [1.29, 1.82) is 0 Å². The number of ether oxygens (including phenoxy) is 1. The van der Waals surface area contributed by atoms with E-state index in [4.69, 9.17) is 4.74 Å².